The predicted octanol–water partition coefficient (Wildman–Crippen LogP) is 2.70. The van der Waals surface area contributed by atoms with E-state index in [0.29, 0.717) is 23.8 Å². The van der Waals surface area contributed by atoms with Gasteiger partial charge in [-0.25, -0.2) is 0 Å². The molecule has 2 heterocycles. The fourth-order valence-corrected chi connectivity index (χ4v) is 4.15. The zero-order valence-electron chi connectivity index (χ0n) is 13.7. The zero-order chi connectivity index (χ0) is 14.9. The van der Waals surface area contributed by atoms with E-state index in [1.165, 1.54) is 12.8 Å². The Balaban J connectivity index is 0.00000242. The van der Waals surface area contributed by atoms with E-state index in [2.05, 4.69) is 17.1 Å². The molecule has 0 aromatic carbocycles. The van der Waals surface area contributed by atoms with Crippen LogP contribution in [0.5, 0.6) is 0 Å². The highest BCUT2D eigenvalue weighted by Crippen LogP contribution is 2.19. The number of hydrogen-bond acceptors (Lipinski definition) is 4. The van der Waals surface area contributed by atoms with Gasteiger partial charge >= 0.3 is 0 Å². The smallest absolute Gasteiger partial charge is 0.232 e. The van der Waals surface area contributed by atoms with Crippen LogP contribution in [0.3, 0.4) is 0 Å². The van der Waals surface area contributed by atoms with Gasteiger partial charge in [0.25, 0.3) is 0 Å². The molecular weight excluding hydrogens is 320 g/mol. The van der Waals surface area contributed by atoms with Crippen LogP contribution in [0.1, 0.15) is 45.4 Å². The highest BCUT2D eigenvalue weighted by Gasteiger charge is 2.24. The Morgan fingerprint density at radius 2 is 2.05 bits per heavy atom. The molecule has 2 aliphatic rings. The van der Waals surface area contributed by atoms with Crippen LogP contribution in [0.4, 0.5) is 0 Å². The predicted molar refractivity (Wildman–Crippen MR) is 96.1 cm³/mol. The van der Waals surface area contributed by atoms with Crippen LogP contribution in [-0.4, -0.2) is 60.7 Å². The lowest BCUT2D eigenvalue weighted by Crippen LogP contribution is -2.47. The number of carbonyl (C=O) groups excluding carboxylic acids is 1. The molecule has 1 atom stereocenters. The first-order valence-electron chi connectivity index (χ1n) is 8.50. The van der Waals surface area contributed by atoms with Gasteiger partial charge in [0.15, 0.2) is 0 Å². The number of amides is 1. The van der Waals surface area contributed by atoms with Gasteiger partial charge in [-0.05, 0) is 51.6 Å². The maximum atomic E-state index is 12.5. The molecule has 2 rings (SSSR count). The van der Waals surface area contributed by atoms with Crippen LogP contribution in [0.25, 0.3) is 0 Å². The quantitative estimate of drug-likeness (QED) is 0.766. The molecule has 0 aromatic heterocycles. The van der Waals surface area contributed by atoms with Crippen LogP contribution < -0.4 is 5.32 Å². The van der Waals surface area contributed by atoms with Gasteiger partial charge < -0.3 is 15.0 Å². The summed E-state index contributed by atoms with van der Waals surface area (Å²) in [6.45, 7) is 6.05. The molecular formula is C16H31ClN2O2S. The lowest BCUT2D eigenvalue weighted by atomic mass is 10.0. The number of thioether (sulfide) groups is 1. The van der Waals surface area contributed by atoms with Crippen molar-refractivity contribution in [1.82, 2.24) is 10.2 Å². The Kier molecular flexibility index (Phi) is 10.5. The molecule has 1 amide bonds. The summed E-state index contributed by atoms with van der Waals surface area (Å²) in [5, 5.41) is 3.38. The zero-order valence-corrected chi connectivity index (χ0v) is 15.4. The number of nitrogens with zero attached hydrogens (tertiary/aromatic N) is 1. The number of nitrogens with one attached hydrogen (secondary N) is 1. The van der Waals surface area contributed by atoms with Crippen molar-refractivity contribution in [3.63, 3.8) is 0 Å². The number of ether oxygens (including phenoxy) is 1. The van der Waals surface area contributed by atoms with Gasteiger partial charge in [-0.15, -0.1) is 24.2 Å². The normalized spacial score (nSPS) is 22.9. The minimum Gasteiger partial charge on any atom is -0.377 e. The average molecular weight is 351 g/mol. The summed E-state index contributed by atoms with van der Waals surface area (Å²) < 4.78 is 5.73. The molecule has 1 unspecified atom stereocenters. The molecule has 0 radical (unpaired) electrons. The van der Waals surface area contributed by atoms with E-state index in [0.717, 1.165) is 57.7 Å². The van der Waals surface area contributed by atoms with Crippen LogP contribution in [-0.2, 0) is 9.53 Å². The third-order valence-electron chi connectivity index (χ3n) is 4.34. The number of halogens is 1. The summed E-state index contributed by atoms with van der Waals surface area (Å²) in [6, 6.07) is 0.449. The van der Waals surface area contributed by atoms with Crippen LogP contribution >= 0.6 is 24.2 Å². The lowest BCUT2D eigenvalue weighted by Gasteiger charge is -2.34. The van der Waals surface area contributed by atoms with Crippen LogP contribution in [0, 0.1) is 0 Å². The van der Waals surface area contributed by atoms with Gasteiger partial charge in [-0.3, -0.25) is 4.79 Å². The van der Waals surface area contributed by atoms with Crippen LogP contribution in [0.2, 0.25) is 0 Å². The number of hydrogen-bond donors (Lipinski definition) is 1. The monoisotopic (exact) mass is 350 g/mol. The minimum absolute atomic E-state index is 0. The first-order valence-corrected chi connectivity index (χ1v) is 9.66. The lowest BCUT2D eigenvalue weighted by molar-refractivity contribution is -0.131. The molecule has 0 spiro atoms. The second kappa shape index (κ2) is 11.5. The molecule has 22 heavy (non-hydrogen) atoms. The van der Waals surface area contributed by atoms with Crippen LogP contribution in [0.15, 0.2) is 0 Å². The first kappa shape index (κ1) is 20.1. The summed E-state index contributed by atoms with van der Waals surface area (Å²) in [4.78, 5) is 14.7. The molecule has 0 aliphatic carbocycles. The Hall–Kier alpha value is 0.0300. The Labute approximate surface area is 145 Å². The summed E-state index contributed by atoms with van der Waals surface area (Å²) in [7, 11) is 0. The molecule has 0 saturated carbocycles. The molecule has 2 saturated heterocycles. The SMILES string of the molecule is CCCN(C(=O)CSCC1CCCCO1)C1CCNCC1.Cl. The molecule has 0 bridgehead atoms. The largest absolute Gasteiger partial charge is 0.377 e. The molecule has 130 valence electrons. The molecule has 6 heteroatoms. The van der Waals surface area contributed by atoms with E-state index in [1.807, 2.05) is 0 Å². The van der Waals surface area contributed by atoms with Crippen molar-refractivity contribution in [3.05, 3.63) is 0 Å². The fourth-order valence-electron chi connectivity index (χ4n) is 3.17. The summed E-state index contributed by atoms with van der Waals surface area (Å²) in [5.74, 6) is 1.91. The van der Waals surface area contributed by atoms with Gasteiger partial charge in [0, 0.05) is 24.9 Å². The van der Waals surface area contributed by atoms with Crippen molar-refractivity contribution in [3.8, 4) is 0 Å². The molecule has 1 N–H and O–H groups in total. The highest BCUT2D eigenvalue weighted by atomic mass is 35.5. The van der Waals surface area contributed by atoms with Crippen molar-refractivity contribution in [2.24, 2.45) is 0 Å². The van der Waals surface area contributed by atoms with Crippen molar-refractivity contribution in [2.75, 3.05) is 37.7 Å². The molecule has 2 fully saturated rings. The van der Waals surface area contributed by atoms with Gasteiger partial charge in [-0.1, -0.05) is 6.92 Å². The third-order valence-corrected chi connectivity index (χ3v) is 5.40. The minimum atomic E-state index is 0. The van der Waals surface area contributed by atoms with Gasteiger partial charge in [0.1, 0.15) is 0 Å². The van der Waals surface area contributed by atoms with Crippen molar-refractivity contribution in [2.45, 2.75) is 57.6 Å². The number of carbonyl (C=O) groups is 1. The summed E-state index contributed by atoms with van der Waals surface area (Å²) >= 11 is 1.75. The fraction of sp³-hybridized carbons (Fsp3) is 0.938. The third kappa shape index (κ3) is 6.65. The Morgan fingerprint density at radius 1 is 1.27 bits per heavy atom. The van der Waals surface area contributed by atoms with Gasteiger partial charge in [-0.2, -0.15) is 0 Å². The van der Waals surface area contributed by atoms with Crippen molar-refractivity contribution >= 4 is 30.1 Å². The van der Waals surface area contributed by atoms with Crippen molar-refractivity contribution < 1.29 is 9.53 Å². The van der Waals surface area contributed by atoms with E-state index in [4.69, 9.17) is 4.74 Å². The van der Waals surface area contributed by atoms with E-state index >= 15 is 0 Å². The van der Waals surface area contributed by atoms with E-state index in [1.54, 1.807) is 11.8 Å². The molecule has 4 nitrogen and oxygen atoms in total. The Bertz CT molecular complexity index is 309. The van der Waals surface area contributed by atoms with Gasteiger partial charge in [0.2, 0.25) is 5.91 Å². The van der Waals surface area contributed by atoms with Crippen molar-refractivity contribution in [1.29, 1.82) is 0 Å². The summed E-state index contributed by atoms with van der Waals surface area (Å²) in [5.41, 5.74) is 0. The maximum Gasteiger partial charge on any atom is 0.232 e. The van der Waals surface area contributed by atoms with E-state index in [-0.39, 0.29) is 12.4 Å². The highest BCUT2D eigenvalue weighted by molar-refractivity contribution is 7.99. The Morgan fingerprint density at radius 3 is 2.68 bits per heavy atom. The van der Waals surface area contributed by atoms with E-state index in [9.17, 15) is 4.79 Å². The summed E-state index contributed by atoms with van der Waals surface area (Å²) in [6.07, 6.45) is 7.25. The number of piperidine rings is 1. The first-order chi connectivity index (χ1) is 10.3. The standard InChI is InChI=1S/C16H30N2O2S.ClH/c1-2-10-18(14-6-8-17-9-7-14)16(19)13-21-12-15-5-3-4-11-20-15;/h14-15,17H,2-13H2,1H3;1H. The second-order valence-electron chi connectivity index (χ2n) is 6.07. The molecule has 2 aliphatic heterocycles. The number of rotatable bonds is 7. The topological polar surface area (TPSA) is 41.6 Å². The average Bonchev–Trinajstić information content (AvgIpc) is 2.54. The van der Waals surface area contributed by atoms with E-state index < -0.39 is 0 Å². The molecule has 0 aromatic rings. The maximum absolute atomic E-state index is 12.5. The van der Waals surface area contributed by atoms with Gasteiger partial charge in [0.05, 0.1) is 11.9 Å². The second-order valence-corrected chi connectivity index (χ2v) is 7.10.